The first-order valence-electron chi connectivity index (χ1n) is 14.1. The van der Waals surface area contributed by atoms with Crippen molar-refractivity contribution in [3.63, 3.8) is 0 Å². The maximum atomic E-state index is 9.05. The van der Waals surface area contributed by atoms with Gasteiger partial charge in [-0.2, -0.15) is 5.26 Å². The van der Waals surface area contributed by atoms with Crippen molar-refractivity contribution in [1.82, 2.24) is 34.4 Å². The van der Waals surface area contributed by atoms with Crippen LogP contribution in [0.15, 0.2) is 85.3 Å². The van der Waals surface area contributed by atoms with Crippen LogP contribution in [0, 0.1) is 11.3 Å². The zero-order chi connectivity index (χ0) is 28.5. The van der Waals surface area contributed by atoms with E-state index in [0.717, 1.165) is 77.1 Å². The summed E-state index contributed by atoms with van der Waals surface area (Å²) in [7, 11) is 2.00. The van der Waals surface area contributed by atoms with Crippen LogP contribution in [0.2, 0.25) is 0 Å². The van der Waals surface area contributed by atoms with Crippen LogP contribution in [0.1, 0.15) is 24.2 Å². The molecule has 1 saturated heterocycles. The highest BCUT2D eigenvalue weighted by Crippen LogP contribution is 2.32. The van der Waals surface area contributed by atoms with Crippen molar-refractivity contribution in [2.45, 2.75) is 25.4 Å². The predicted molar refractivity (Wildman–Crippen MR) is 163 cm³/mol. The highest BCUT2D eigenvalue weighted by Gasteiger charge is 2.20. The summed E-state index contributed by atoms with van der Waals surface area (Å²) in [5.74, 6) is 0.907. The molecule has 0 spiro atoms. The Morgan fingerprint density at radius 3 is 2.29 bits per heavy atom. The van der Waals surface area contributed by atoms with E-state index in [2.05, 4.69) is 67.6 Å². The molecule has 0 unspecified atom stereocenters. The van der Waals surface area contributed by atoms with Gasteiger partial charge in [-0.25, -0.2) is 24.9 Å². The van der Waals surface area contributed by atoms with Crippen LogP contribution in [0.25, 0.3) is 44.6 Å². The lowest BCUT2D eigenvalue weighted by molar-refractivity contribution is 0.211. The van der Waals surface area contributed by atoms with Crippen LogP contribution < -0.4 is 5.32 Å². The van der Waals surface area contributed by atoms with Gasteiger partial charge >= 0.3 is 0 Å². The van der Waals surface area contributed by atoms with Crippen molar-refractivity contribution in [2.24, 2.45) is 7.05 Å². The van der Waals surface area contributed by atoms with E-state index in [1.165, 1.54) is 5.56 Å². The number of anilines is 1. The van der Waals surface area contributed by atoms with Gasteiger partial charge in [0.1, 0.15) is 11.9 Å². The fourth-order valence-electron chi connectivity index (χ4n) is 5.64. The van der Waals surface area contributed by atoms with Gasteiger partial charge in [0.2, 0.25) is 5.82 Å². The Morgan fingerprint density at radius 1 is 0.833 bits per heavy atom. The van der Waals surface area contributed by atoms with E-state index in [1.807, 2.05) is 54.3 Å². The minimum Gasteiger partial charge on any atom is -0.367 e. The number of aromatic nitrogens is 6. The van der Waals surface area contributed by atoms with Gasteiger partial charge < -0.3 is 9.88 Å². The molecule has 3 aromatic carbocycles. The molecule has 42 heavy (non-hydrogen) atoms. The van der Waals surface area contributed by atoms with Crippen LogP contribution in [0.3, 0.4) is 0 Å². The van der Waals surface area contributed by atoms with Crippen LogP contribution in [0.4, 0.5) is 5.82 Å². The number of hydrogen-bond donors (Lipinski definition) is 1. The quantitative estimate of drug-likeness (QED) is 0.285. The predicted octanol–water partition coefficient (Wildman–Crippen LogP) is 5.59. The maximum Gasteiger partial charge on any atom is 0.234 e. The Kier molecular flexibility index (Phi) is 6.74. The van der Waals surface area contributed by atoms with Gasteiger partial charge in [-0.1, -0.05) is 54.6 Å². The fourth-order valence-corrected chi connectivity index (χ4v) is 5.64. The number of piperidine rings is 1. The smallest absolute Gasteiger partial charge is 0.234 e. The highest BCUT2D eigenvalue weighted by atomic mass is 15.1. The van der Waals surface area contributed by atoms with E-state index in [0.29, 0.717) is 11.9 Å². The second kappa shape index (κ2) is 11.0. The summed E-state index contributed by atoms with van der Waals surface area (Å²) < 4.78 is 2.01. The van der Waals surface area contributed by atoms with Crippen LogP contribution in [0.5, 0.6) is 0 Å². The first-order chi connectivity index (χ1) is 20.6. The maximum absolute atomic E-state index is 9.05. The SMILES string of the molecule is Cn1cnc2cc3nc(-c4ccccc4)c(-c4ccc(CN5CCC(Nc6ccnc(C#N)n6)CC5)cc4)nc3cc21. The fraction of sp³-hybridized carbons (Fsp3) is 0.212. The molecular weight excluding hydrogens is 522 g/mol. The summed E-state index contributed by atoms with van der Waals surface area (Å²) in [6.45, 7) is 2.88. The molecule has 0 saturated carbocycles. The highest BCUT2D eigenvalue weighted by molar-refractivity contribution is 5.94. The van der Waals surface area contributed by atoms with Crippen molar-refractivity contribution in [1.29, 1.82) is 5.26 Å². The van der Waals surface area contributed by atoms with Crippen molar-refractivity contribution >= 4 is 27.9 Å². The molecular formula is C33H29N9. The molecule has 0 aliphatic carbocycles. The molecule has 1 fully saturated rings. The molecule has 0 atom stereocenters. The van der Waals surface area contributed by atoms with E-state index >= 15 is 0 Å². The van der Waals surface area contributed by atoms with Crippen LogP contribution >= 0.6 is 0 Å². The molecule has 206 valence electrons. The second-order valence-corrected chi connectivity index (χ2v) is 10.7. The first-order valence-corrected chi connectivity index (χ1v) is 14.1. The van der Waals surface area contributed by atoms with Crippen molar-refractivity contribution in [2.75, 3.05) is 18.4 Å². The molecule has 0 amide bonds. The van der Waals surface area contributed by atoms with Gasteiger partial charge in [0.25, 0.3) is 0 Å². The zero-order valence-electron chi connectivity index (χ0n) is 23.3. The number of rotatable bonds is 6. The molecule has 3 aromatic heterocycles. The third-order valence-electron chi connectivity index (χ3n) is 7.89. The molecule has 6 aromatic rings. The third-order valence-corrected chi connectivity index (χ3v) is 7.89. The van der Waals surface area contributed by atoms with Crippen LogP contribution in [-0.4, -0.2) is 53.5 Å². The minimum atomic E-state index is 0.192. The topological polar surface area (TPSA) is 108 Å². The molecule has 0 radical (unpaired) electrons. The van der Waals surface area contributed by atoms with Gasteiger partial charge in [-0.05, 0) is 36.6 Å². The number of likely N-dealkylation sites (tertiary alicyclic amines) is 1. The zero-order valence-corrected chi connectivity index (χ0v) is 23.3. The first kappa shape index (κ1) is 25.7. The van der Waals surface area contributed by atoms with Gasteiger partial charge in [0, 0.05) is 50.0 Å². The monoisotopic (exact) mass is 551 g/mol. The number of benzene rings is 3. The number of nitrogens with zero attached hydrogens (tertiary/aromatic N) is 8. The van der Waals surface area contributed by atoms with Gasteiger partial charge in [0.05, 0.1) is 39.8 Å². The molecule has 0 bridgehead atoms. The van der Waals surface area contributed by atoms with Gasteiger partial charge in [0.15, 0.2) is 0 Å². The van der Waals surface area contributed by atoms with Crippen molar-refractivity contribution in [3.05, 3.63) is 96.7 Å². The average molecular weight is 552 g/mol. The standard InChI is InChI=1S/C33H29N9/c1-41-21-36-28-17-26-27(18-29(28)41)39-33(32(38-26)23-5-3-2-4-6-23)24-9-7-22(8-10-24)20-42-15-12-25(13-16-42)37-30-11-14-35-31(19-34)40-30/h2-11,14,17-18,21,25H,12-13,15-16,20H2,1H3,(H,35,37,40). The summed E-state index contributed by atoms with van der Waals surface area (Å²) in [4.78, 5) is 25.4. The summed E-state index contributed by atoms with van der Waals surface area (Å²) in [5, 5.41) is 12.5. The van der Waals surface area contributed by atoms with Crippen LogP contribution in [-0.2, 0) is 13.6 Å². The van der Waals surface area contributed by atoms with Gasteiger partial charge in [-0.15, -0.1) is 0 Å². The molecule has 1 N–H and O–H groups in total. The molecule has 9 nitrogen and oxygen atoms in total. The van der Waals surface area contributed by atoms with E-state index in [4.69, 9.17) is 15.2 Å². The Bertz CT molecular complexity index is 1920. The van der Waals surface area contributed by atoms with E-state index < -0.39 is 0 Å². The lowest BCUT2D eigenvalue weighted by Crippen LogP contribution is -2.38. The summed E-state index contributed by atoms with van der Waals surface area (Å²) in [6, 6.07) is 27.2. The summed E-state index contributed by atoms with van der Waals surface area (Å²) >= 11 is 0. The largest absolute Gasteiger partial charge is 0.367 e. The Balaban J connectivity index is 1.10. The number of nitrogens with one attached hydrogen (secondary N) is 1. The van der Waals surface area contributed by atoms with E-state index in [-0.39, 0.29) is 5.82 Å². The molecule has 1 aliphatic heterocycles. The summed E-state index contributed by atoms with van der Waals surface area (Å²) in [5.41, 5.74) is 8.73. The summed E-state index contributed by atoms with van der Waals surface area (Å²) in [6.07, 6.45) is 5.48. The second-order valence-electron chi connectivity index (χ2n) is 10.7. The van der Waals surface area contributed by atoms with Gasteiger partial charge in [-0.3, -0.25) is 4.90 Å². The number of imidazole rings is 1. The Hall–Kier alpha value is -5.20. The van der Waals surface area contributed by atoms with E-state index in [9.17, 15) is 0 Å². The molecule has 9 heteroatoms. The van der Waals surface area contributed by atoms with Crippen molar-refractivity contribution in [3.8, 4) is 28.6 Å². The minimum absolute atomic E-state index is 0.192. The third kappa shape index (κ3) is 5.16. The van der Waals surface area contributed by atoms with E-state index in [1.54, 1.807) is 6.20 Å². The molecule has 7 rings (SSSR count). The number of hydrogen-bond acceptors (Lipinski definition) is 8. The number of nitriles is 1. The van der Waals surface area contributed by atoms with Crippen molar-refractivity contribution < 1.29 is 0 Å². The normalized spacial score (nSPS) is 14.3. The number of aryl methyl sites for hydroxylation is 1. The average Bonchev–Trinajstić information content (AvgIpc) is 3.40. The lowest BCUT2D eigenvalue weighted by atomic mass is 10.0. The Morgan fingerprint density at radius 2 is 1.55 bits per heavy atom. The lowest BCUT2D eigenvalue weighted by Gasteiger charge is -2.32. The number of fused-ring (bicyclic) bond motifs is 2. The molecule has 1 aliphatic rings. The Labute approximate surface area is 243 Å². The molecule has 4 heterocycles.